The van der Waals surface area contributed by atoms with E-state index in [1.54, 1.807) is 11.8 Å². The minimum absolute atomic E-state index is 0.0726. The van der Waals surface area contributed by atoms with Gasteiger partial charge in [-0.25, -0.2) is 9.78 Å². The van der Waals surface area contributed by atoms with Gasteiger partial charge in [0.05, 0.1) is 11.2 Å². The van der Waals surface area contributed by atoms with E-state index < -0.39 is 18.0 Å². The van der Waals surface area contributed by atoms with Crippen molar-refractivity contribution in [3.8, 4) is 0 Å². The molecule has 0 spiro atoms. The van der Waals surface area contributed by atoms with Gasteiger partial charge >= 0.3 is 6.16 Å². The van der Waals surface area contributed by atoms with E-state index in [-0.39, 0.29) is 11.9 Å². The lowest BCUT2D eigenvalue weighted by Crippen LogP contribution is -2.61. The molecule has 6 fully saturated rings. The molecule has 2 heterocycles. The number of nitrogens with zero attached hydrogens (tertiary/aromatic N) is 2. The number of carbonyl (C=O) groups is 2. The van der Waals surface area contributed by atoms with Gasteiger partial charge in [-0.3, -0.25) is 4.79 Å². The van der Waals surface area contributed by atoms with Crippen molar-refractivity contribution in [2.75, 3.05) is 11.4 Å². The number of carboxylic acid groups (broad SMARTS) is 1. The monoisotopic (exact) mass is 515 g/mol. The van der Waals surface area contributed by atoms with Crippen molar-refractivity contribution in [3.63, 3.8) is 0 Å². The molecule has 6 aliphatic rings. The third kappa shape index (κ3) is 4.80. The third-order valence-electron chi connectivity index (χ3n) is 9.19. The number of pyridine rings is 1. The molecule has 9 heteroatoms. The molecule has 7 rings (SSSR count). The van der Waals surface area contributed by atoms with E-state index >= 15 is 0 Å². The highest BCUT2D eigenvalue weighted by atomic mass is 32.2. The van der Waals surface area contributed by atoms with E-state index in [0.717, 1.165) is 56.4 Å². The molecule has 196 valence electrons. The fourth-order valence-electron chi connectivity index (χ4n) is 7.88. The summed E-state index contributed by atoms with van der Waals surface area (Å²) in [7, 11) is 0. The molecular weight excluding hydrogens is 478 g/mol. The first kappa shape index (κ1) is 24.3. The van der Waals surface area contributed by atoms with Gasteiger partial charge in [-0.05, 0) is 81.3 Å². The number of ether oxygens (including phenoxy) is 1. The van der Waals surface area contributed by atoms with Crippen molar-refractivity contribution >= 4 is 29.6 Å². The van der Waals surface area contributed by atoms with Crippen molar-refractivity contribution in [1.82, 2.24) is 10.3 Å². The second-order valence-corrected chi connectivity index (χ2v) is 13.1. The summed E-state index contributed by atoms with van der Waals surface area (Å²) in [5.41, 5.74) is 0.0875. The summed E-state index contributed by atoms with van der Waals surface area (Å²) in [6.45, 7) is 0.680. The predicted octanol–water partition coefficient (Wildman–Crippen LogP) is 4.80. The van der Waals surface area contributed by atoms with E-state index in [0.29, 0.717) is 47.4 Å². The highest BCUT2D eigenvalue weighted by Gasteiger charge is 2.55. The zero-order valence-corrected chi connectivity index (χ0v) is 21.5. The molecule has 3 N–H and O–H groups in total. The number of carbonyl (C=O) groups excluding carboxylic acids is 1. The SMILES string of the molecule is O=C(O)O[C@H]1CCCN1c1ccc(C(=O)N[C@H]2C3CC4CC2C[C@@](O)(C4)C3)c(SC2CCCCC2)n1. The Morgan fingerprint density at radius 2 is 1.81 bits per heavy atom. The first-order valence-corrected chi connectivity index (χ1v) is 14.6. The number of aliphatic hydroxyl groups is 1. The molecule has 1 aromatic heterocycles. The fraction of sp³-hybridized carbons (Fsp3) is 0.741. The number of thioether (sulfide) groups is 1. The van der Waals surface area contributed by atoms with Crippen LogP contribution in [0.5, 0.6) is 0 Å². The molecule has 1 saturated heterocycles. The topological polar surface area (TPSA) is 112 Å². The molecule has 1 amide bonds. The van der Waals surface area contributed by atoms with Crippen molar-refractivity contribution in [3.05, 3.63) is 17.7 Å². The zero-order valence-electron chi connectivity index (χ0n) is 20.7. The van der Waals surface area contributed by atoms with Crippen LogP contribution in [0.25, 0.3) is 0 Å². The summed E-state index contributed by atoms with van der Waals surface area (Å²) in [6, 6.07) is 3.82. The molecule has 0 radical (unpaired) electrons. The van der Waals surface area contributed by atoms with Crippen LogP contribution in [-0.4, -0.2) is 56.9 Å². The Kier molecular flexibility index (Phi) is 6.56. The van der Waals surface area contributed by atoms with Crippen LogP contribution in [-0.2, 0) is 4.74 Å². The maximum Gasteiger partial charge on any atom is 0.507 e. The molecule has 5 aliphatic carbocycles. The Balaban J connectivity index is 1.24. The summed E-state index contributed by atoms with van der Waals surface area (Å²) < 4.78 is 5.10. The van der Waals surface area contributed by atoms with E-state index in [2.05, 4.69) is 5.32 Å². The number of hydrogen-bond acceptors (Lipinski definition) is 7. The smallest absolute Gasteiger partial charge is 0.450 e. The van der Waals surface area contributed by atoms with Crippen LogP contribution in [0, 0.1) is 17.8 Å². The Morgan fingerprint density at radius 1 is 1.06 bits per heavy atom. The van der Waals surface area contributed by atoms with Crippen LogP contribution in [0.4, 0.5) is 10.6 Å². The van der Waals surface area contributed by atoms with Gasteiger partial charge in [-0.15, -0.1) is 11.8 Å². The first-order valence-electron chi connectivity index (χ1n) is 13.7. The maximum atomic E-state index is 13.7. The number of aromatic nitrogens is 1. The molecule has 4 bridgehead atoms. The van der Waals surface area contributed by atoms with Gasteiger partial charge in [-0.1, -0.05) is 19.3 Å². The lowest BCUT2D eigenvalue weighted by Gasteiger charge is -2.58. The van der Waals surface area contributed by atoms with E-state index in [9.17, 15) is 14.7 Å². The average molecular weight is 516 g/mol. The van der Waals surface area contributed by atoms with Crippen molar-refractivity contribution in [1.29, 1.82) is 0 Å². The van der Waals surface area contributed by atoms with Gasteiger partial charge in [0.1, 0.15) is 10.8 Å². The van der Waals surface area contributed by atoms with Crippen LogP contribution < -0.4 is 10.2 Å². The van der Waals surface area contributed by atoms with Gasteiger partial charge in [0.25, 0.3) is 5.91 Å². The molecule has 1 aromatic rings. The number of rotatable bonds is 6. The summed E-state index contributed by atoms with van der Waals surface area (Å²) in [4.78, 5) is 31.7. The summed E-state index contributed by atoms with van der Waals surface area (Å²) in [5, 5.41) is 24.6. The minimum atomic E-state index is -1.28. The van der Waals surface area contributed by atoms with Gasteiger partial charge in [-0.2, -0.15) is 0 Å². The zero-order chi connectivity index (χ0) is 24.9. The standard InChI is InChI=1S/C27H37N3O5S/c31-24(29-23-17-11-16-12-18(23)15-27(34,13-16)14-17)20-8-9-21(30-10-4-7-22(30)35-26(32)33)28-25(20)36-19-5-2-1-3-6-19/h8-9,16-19,22-23,34H,1-7,10-15H2,(H,29,31)(H,32,33)/t16?,17?,18?,22-,23-,27+/m0/s1. The summed E-state index contributed by atoms with van der Waals surface area (Å²) >= 11 is 1.70. The molecule has 1 aliphatic heterocycles. The first-order chi connectivity index (χ1) is 17.4. The quantitative estimate of drug-likeness (QED) is 0.464. The van der Waals surface area contributed by atoms with Gasteiger partial charge < -0.3 is 25.2 Å². The largest absolute Gasteiger partial charge is 0.507 e. The molecular formula is C27H37N3O5S. The highest BCUT2D eigenvalue weighted by molar-refractivity contribution is 7.99. The Morgan fingerprint density at radius 3 is 2.50 bits per heavy atom. The Bertz CT molecular complexity index is 999. The van der Waals surface area contributed by atoms with Crippen LogP contribution in [0.15, 0.2) is 17.2 Å². The maximum absolute atomic E-state index is 13.7. The Hall–Kier alpha value is -2.00. The summed E-state index contributed by atoms with van der Waals surface area (Å²) in [5.74, 6) is 1.90. The number of anilines is 1. The summed E-state index contributed by atoms with van der Waals surface area (Å²) in [6.07, 6.45) is 10.3. The van der Waals surface area contributed by atoms with Crippen LogP contribution in [0.1, 0.15) is 87.4 Å². The number of amides is 1. The van der Waals surface area contributed by atoms with Crippen molar-refractivity contribution < 1.29 is 24.5 Å². The van der Waals surface area contributed by atoms with Gasteiger partial charge in [0.2, 0.25) is 0 Å². The number of hydrogen-bond donors (Lipinski definition) is 3. The molecule has 8 nitrogen and oxygen atoms in total. The molecule has 36 heavy (non-hydrogen) atoms. The van der Waals surface area contributed by atoms with Gasteiger partial charge in [0.15, 0.2) is 6.23 Å². The van der Waals surface area contributed by atoms with Gasteiger partial charge in [0, 0.05) is 24.3 Å². The fourth-order valence-corrected chi connectivity index (χ4v) is 9.20. The van der Waals surface area contributed by atoms with Crippen LogP contribution in [0.2, 0.25) is 0 Å². The van der Waals surface area contributed by atoms with E-state index in [1.165, 1.54) is 19.3 Å². The van der Waals surface area contributed by atoms with Crippen molar-refractivity contribution in [2.24, 2.45) is 17.8 Å². The molecule has 3 atom stereocenters. The highest BCUT2D eigenvalue weighted by Crippen LogP contribution is 2.55. The lowest BCUT2D eigenvalue weighted by molar-refractivity contribution is -0.136. The average Bonchev–Trinajstić information content (AvgIpc) is 3.28. The second kappa shape index (κ2) is 9.71. The van der Waals surface area contributed by atoms with Crippen LogP contribution in [0.3, 0.4) is 0 Å². The Labute approximate surface area is 216 Å². The lowest BCUT2D eigenvalue weighted by atomic mass is 9.52. The molecule has 2 unspecified atom stereocenters. The number of nitrogens with one attached hydrogen (secondary N) is 1. The predicted molar refractivity (Wildman–Crippen MR) is 136 cm³/mol. The van der Waals surface area contributed by atoms with Crippen molar-refractivity contribution in [2.45, 2.75) is 105 Å². The minimum Gasteiger partial charge on any atom is -0.450 e. The van der Waals surface area contributed by atoms with E-state index in [1.807, 2.05) is 17.0 Å². The molecule has 0 aromatic carbocycles. The normalized spacial score (nSPS) is 35.7. The van der Waals surface area contributed by atoms with E-state index in [4.69, 9.17) is 14.8 Å². The third-order valence-corrected chi connectivity index (χ3v) is 10.5. The van der Waals surface area contributed by atoms with Crippen LogP contribution >= 0.6 is 11.8 Å². The second-order valence-electron chi connectivity index (χ2n) is 11.8. The molecule has 5 saturated carbocycles.